The molecule has 0 spiro atoms. The number of amides is 1. The lowest BCUT2D eigenvalue weighted by molar-refractivity contribution is 0.101. The minimum absolute atomic E-state index is 0.0690. The molecule has 0 saturated heterocycles. The molecule has 1 amide bonds. The number of benzene rings is 1. The van der Waals surface area contributed by atoms with Crippen molar-refractivity contribution in [1.29, 1.82) is 0 Å². The van der Waals surface area contributed by atoms with E-state index in [1.807, 2.05) is 13.8 Å². The second-order valence-electron chi connectivity index (χ2n) is 4.88. The fourth-order valence-electron chi connectivity index (χ4n) is 1.85. The van der Waals surface area contributed by atoms with E-state index < -0.39 is 11.7 Å². The Bertz CT molecular complexity index is 858. The number of carbonyl (C=O) groups is 1. The number of hydrogen-bond acceptors (Lipinski definition) is 5. The molecule has 8 nitrogen and oxygen atoms in total. The molecule has 0 saturated carbocycles. The van der Waals surface area contributed by atoms with Crippen LogP contribution in [0.3, 0.4) is 0 Å². The fourth-order valence-corrected chi connectivity index (χ4v) is 1.85. The number of carbonyl (C=O) groups excluding carboxylic acids is 1. The van der Waals surface area contributed by atoms with Gasteiger partial charge >= 0.3 is 5.76 Å². The summed E-state index contributed by atoms with van der Waals surface area (Å²) in [6.45, 7) is 3.90. The van der Waals surface area contributed by atoms with E-state index in [1.165, 1.54) is 0 Å². The van der Waals surface area contributed by atoms with Crippen LogP contribution in [0, 0.1) is 0 Å². The predicted molar refractivity (Wildman–Crippen MR) is 75.3 cm³/mol. The molecule has 8 heteroatoms. The number of aromatic amines is 2. The summed E-state index contributed by atoms with van der Waals surface area (Å²) in [4.78, 5) is 29.8. The molecular formula is C13H13N5O3. The summed E-state index contributed by atoms with van der Waals surface area (Å²) in [6, 6.07) is 4.83. The number of nitrogens with zero attached hydrogens (tertiary/aromatic N) is 2. The van der Waals surface area contributed by atoms with Crippen molar-refractivity contribution in [2.75, 3.05) is 5.32 Å². The van der Waals surface area contributed by atoms with Gasteiger partial charge in [-0.25, -0.2) is 9.78 Å². The number of H-pyrrole nitrogens is 2. The fraction of sp³-hybridized carbons (Fsp3) is 0.231. The SMILES string of the molecule is CC(C)c1nc(C(=O)Nc2ccc3oc(=O)[nH]c3c2)n[nH]1. The van der Waals surface area contributed by atoms with Crippen LogP contribution < -0.4 is 11.1 Å². The summed E-state index contributed by atoms with van der Waals surface area (Å²) in [7, 11) is 0. The minimum atomic E-state index is -0.538. The molecule has 0 atom stereocenters. The van der Waals surface area contributed by atoms with E-state index in [0.717, 1.165) is 0 Å². The Morgan fingerprint density at radius 2 is 2.19 bits per heavy atom. The maximum Gasteiger partial charge on any atom is 0.417 e. The van der Waals surface area contributed by atoms with Crippen molar-refractivity contribution in [2.24, 2.45) is 0 Å². The molecule has 2 aromatic heterocycles. The van der Waals surface area contributed by atoms with Crippen molar-refractivity contribution >= 4 is 22.7 Å². The smallest absolute Gasteiger partial charge is 0.408 e. The lowest BCUT2D eigenvalue weighted by atomic mass is 10.2. The van der Waals surface area contributed by atoms with Crippen LogP contribution in [0.1, 0.15) is 36.2 Å². The lowest BCUT2D eigenvalue weighted by Crippen LogP contribution is -2.13. The second-order valence-corrected chi connectivity index (χ2v) is 4.88. The Kier molecular flexibility index (Phi) is 3.05. The minimum Gasteiger partial charge on any atom is -0.408 e. The average Bonchev–Trinajstić information content (AvgIpc) is 3.03. The molecule has 0 aliphatic rings. The quantitative estimate of drug-likeness (QED) is 0.676. The first-order chi connectivity index (χ1) is 10.0. The van der Waals surface area contributed by atoms with Crippen molar-refractivity contribution in [1.82, 2.24) is 20.2 Å². The van der Waals surface area contributed by atoms with Gasteiger partial charge in [0, 0.05) is 11.6 Å². The van der Waals surface area contributed by atoms with Gasteiger partial charge in [-0.1, -0.05) is 13.8 Å². The number of fused-ring (bicyclic) bond motifs is 1. The van der Waals surface area contributed by atoms with Crippen LogP contribution >= 0.6 is 0 Å². The summed E-state index contributed by atoms with van der Waals surface area (Å²) in [5, 5.41) is 9.26. The standard InChI is InChI=1S/C13H13N5O3/c1-6(2)10-16-11(18-17-10)12(19)14-7-3-4-9-8(5-7)15-13(20)21-9/h3-6H,1-2H3,(H,14,19)(H,15,20)(H,16,17,18). The van der Waals surface area contributed by atoms with Crippen LogP contribution in [0.4, 0.5) is 5.69 Å². The zero-order valence-electron chi connectivity index (χ0n) is 11.4. The van der Waals surface area contributed by atoms with Gasteiger partial charge in [0.2, 0.25) is 5.82 Å². The van der Waals surface area contributed by atoms with Crippen LogP contribution in [0.2, 0.25) is 0 Å². The zero-order chi connectivity index (χ0) is 15.0. The van der Waals surface area contributed by atoms with Crippen LogP contribution in [0.25, 0.3) is 11.1 Å². The maximum absolute atomic E-state index is 12.0. The van der Waals surface area contributed by atoms with Crippen LogP contribution in [0.15, 0.2) is 27.4 Å². The molecule has 0 aliphatic heterocycles. The highest BCUT2D eigenvalue weighted by atomic mass is 16.4. The number of hydrogen-bond donors (Lipinski definition) is 3. The highest BCUT2D eigenvalue weighted by Gasteiger charge is 2.14. The number of aromatic nitrogens is 4. The van der Waals surface area contributed by atoms with Crippen LogP contribution in [-0.2, 0) is 0 Å². The molecule has 108 valence electrons. The van der Waals surface area contributed by atoms with Crippen molar-refractivity contribution in [3.05, 3.63) is 40.4 Å². The Balaban J connectivity index is 1.83. The van der Waals surface area contributed by atoms with Gasteiger partial charge < -0.3 is 9.73 Å². The predicted octanol–water partition coefficient (Wildman–Crippen LogP) is 1.61. The van der Waals surface area contributed by atoms with E-state index in [2.05, 4.69) is 25.5 Å². The summed E-state index contributed by atoms with van der Waals surface area (Å²) in [5.74, 6) is -0.0898. The van der Waals surface area contributed by atoms with Crippen molar-refractivity contribution < 1.29 is 9.21 Å². The van der Waals surface area contributed by atoms with Gasteiger partial charge in [-0.3, -0.25) is 14.9 Å². The molecule has 0 aliphatic carbocycles. The Morgan fingerprint density at radius 1 is 1.38 bits per heavy atom. The first-order valence-electron chi connectivity index (χ1n) is 6.39. The summed E-state index contributed by atoms with van der Waals surface area (Å²) < 4.78 is 4.89. The van der Waals surface area contributed by atoms with Gasteiger partial charge in [-0.05, 0) is 18.2 Å². The highest BCUT2D eigenvalue weighted by molar-refractivity contribution is 6.02. The third-order valence-corrected chi connectivity index (χ3v) is 2.93. The largest absolute Gasteiger partial charge is 0.417 e. The molecule has 0 bridgehead atoms. The maximum atomic E-state index is 12.0. The summed E-state index contributed by atoms with van der Waals surface area (Å²) in [5.41, 5.74) is 1.45. The van der Waals surface area contributed by atoms with E-state index in [1.54, 1.807) is 18.2 Å². The van der Waals surface area contributed by atoms with E-state index in [-0.39, 0.29) is 11.7 Å². The molecule has 1 aromatic carbocycles. The third-order valence-electron chi connectivity index (χ3n) is 2.93. The molecule has 3 aromatic rings. The normalized spacial score (nSPS) is 11.2. The molecule has 21 heavy (non-hydrogen) atoms. The number of oxazole rings is 1. The summed E-state index contributed by atoms with van der Waals surface area (Å²) >= 11 is 0. The van der Waals surface area contributed by atoms with Gasteiger partial charge in [-0.2, -0.15) is 0 Å². The molecule has 3 N–H and O–H groups in total. The van der Waals surface area contributed by atoms with Gasteiger partial charge in [0.05, 0.1) is 5.52 Å². The van der Waals surface area contributed by atoms with Gasteiger partial charge in [0.25, 0.3) is 5.91 Å². The van der Waals surface area contributed by atoms with E-state index >= 15 is 0 Å². The number of anilines is 1. The third kappa shape index (κ3) is 2.55. The lowest BCUT2D eigenvalue weighted by Gasteiger charge is -2.01. The molecular weight excluding hydrogens is 274 g/mol. The van der Waals surface area contributed by atoms with Gasteiger partial charge in [0.1, 0.15) is 5.82 Å². The van der Waals surface area contributed by atoms with Crippen molar-refractivity contribution in [3.8, 4) is 0 Å². The highest BCUT2D eigenvalue weighted by Crippen LogP contribution is 2.16. The van der Waals surface area contributed by atoms with Gasteiger partial charge in [0.15, 0.2) is 5.58 Å². The molecule has 0 fully saturated rings. The summed E-state index contributed by atoms with van der Waals surface area (Å²) in [6.07, 6.45) is 0. The van der Waals surface area contributed by atoms with E-state index in [9.17, 15) is 9.59 Å². The Hall–Kier alpha value is -2.90. The first kappa shape index (κ1) is 13.1. The first-order valence-corrected chi connectivity index (χ1v) is 6.39. The number of nitrogens with one attached hydrogen (secondary N) is 3. The molecule has 3 rings (SSSR count). The number of rotatable bonds is 3. The van der Waals surface area contributed by atoms with Crippen molar-refractivity contribution in [3.63, 3.8) is 0 Å². The van der Waals surface area contributed by atoms with Crippen molar-refractivity contribution in [2.45, 2.75) is 19.8 Å². The van der Waals surface area contributed by atoms with E-state index in [0.29, 0.717) is 22.6 Å². The van der Waals surface area contributed by atoms with E-state index in [4.69, 9.17) is 4.42 Å². The second kappa shape index (κ2) is 4.89. The molecule has 0 radical (unpaired) electrons. The zero-order valence-corrected chi connectivity index (χ0v) is 11.4. The van der Waals surface area contributed by atoms with Gasteiger partial charge in [-0.15, -0.1) is 5.10 Å². The van der Waals surface area contributed by atoms with Crippen LogP contribution in [0.5, 0.6) is 0 Å². The van der Waals surface area contributed by atoms with Crippen LogP contribution in [-0.4, -0.2) is 26.1 Å². The Labute approximate surface area is 118 Å². The topological polar surface area (TPSA) is 117 Å². The average molecular weight is 287 g/mol. The monoisotopic (exact) mass is 287 g/mol. The molecule has 2 heterocycles. The molecule has 0 unspecified atom stereocenters. The Morgan fingerprint density at radius 3 is 2.90 bits per heavy atom.